The standard InChI is InChI=1S/C14H19BrN2O3/c1-8(2)6-9(7-16)13(18)17-12-10(14(19)20)4-3-5-11(12)15/h3-5,8-9H,6-7,16H2,1-2H3,(H,17,18)(H,19,20). The van der Waals surface area contributed by atoms with Crippen molar-refractivity contribution in [2.75, 3.05) is 11.9 Å². The summed E-state index contributed by atoms with van der Waals surface area (Å²) in [7, 11) is 0. The fourth-order valence-electron chi connectivity index (χ4n) is 1.93. The third-order valence-electron chi connectivity index (χ3n) is 2.90. The smallest absolute Gasteiger partial charge is 0.337 e. The Morgan fingerprint density at radius 3 is 2.55 bits per heavy atom. The molecule has 1 aromatic carbocycles. The Bertz CT molecular complexity index is 503. The summed E-state index contributed by atoms with van der Waals surface area (Å²) in [5.74, 6) is -1.33. The van der Waals surface area contributed by atoms with Crippen molar-refractivity contribution >= 4 is 33.5 Å². The van der Waals surface area contributed by atoms with Gasteiger partial charge in [0.05, 0.1) is 17.2 Å². The molecule has 1 aromatic rings. The predicted octanol–water partition coefficient (Wildman–Crippen LogP) is 2.71. The van der Waals surface area contributed by atoms with Gasteiger partial charge in [-0.1, -0.05) is 19.9 Å². The van der Waals surface area contributed by atoms with Crippen LogP contribution in [0.1, 0.15) is 30.6 Å². The Balaban J connectivity index is 2.97. The molecule has 1 amide bonds. The monoisotopic (exact) mass is 342 g/mol. The molecule has 0 saturated heterocycles. The number of benzene rings is 1. The van der Waals surface area contributed by atoms with E-state index in [0.717, 1.165) is 0 Å². The van der Waals surface area contributed by atoms with Crippen LogP contribution in [0.15, 0.2) is 22.7 Å². The second-order valence-electron chi connectivity index (χ2n) is 5.02. The van der Waals surface area contributed by atoms with E-state index >= 15 is 0 Å². The normalized spacial score (nSPS) is 12.2. The van der Waals surface area contributed by atoms with E-state index in [1.807, 2.05) is 13.8 Å². The maximum absolute atomic E-state index is 12.2. The molecule has 0 aromatic heterocycles. The lowest BCUT2D eigenvalue weighted by atomic mass is 9.96. The van der Waals surface area contributed by atoms with Crippen LogP contribution < -0.4 is 11.1 Å². The van der Waals surface area contributed by atoms with Gasteiger partial charge in [-0.15, -0.1) is 0 Å². The van der Waals surface area contributed by atoms with Crippen LogP contribution in [0.4, 0.5) is 5.69 Å². The largest absolute Gasteiger partial charge is 0.478 e. The number of para-hydroxylation sites is 1. The average molecular weight is 343 g/mol. The van der Waals surface area contributed by atoms with E-state index in [0.29, 0.717) is 16.8 Å². The summed E-state index contributed by atoms with van der Waals surface area (Å²) < 4.78 is 0.533. The number of carbonyl (C=O) groups is 2. The number of amides is 1. The minimum Gasteiger partial charge on any atom is -0.478 e. The summed E-state index contributed by atoms with van der Waals surface area (Å²) in [6.45, 7) is 4.25. The van der Waals surface area contributed by atoms with Crippen molar-refractivity contribution < 1.29 is 14.7 Å². The van der Waals surface area contributed by atoms with Gasteiger partial charge in [0.25, 0.3) is 0 Å². The van der Waals surface area contributed by atoms with Crippen LogP contribution in [-0.2, 0) is 4.79 Å². The zero-order valence-corrected chi connectivity index (χ0v) is 13.1. The van der Waals surface area contributed by atoms with Gasteiger partial charge in [-0.2, -0.15) is 0 Å². The molecule has 0 radical (unpaired) electrons. The molecular formula is C14H19BrN2O3. The number of rotatable bonds is 6. The van der Waals surface area contributed by atoms with Crippen LogP contribution in [0.2, 0.25) is 0 Å². The van der Waals surface area contributed by atoms with E-state index in [2.05, 4.69) is 21.2 Å². The lowest BCUT2D eigenvalue weighted by Gasteiger charge is -2.18. The SMILES string of the molecule is CC(C)CC(CN)C(=O)Nc1c(Br)cccc1C(=O)O. The molecule has 110 valence electrons. The highest BCUT2D eigenvalue weighted by atomic mass is 79.9. The minimum atomic E-state index is -1.09. The Morgan fingerprint density at radius 1 is 1.40 bits per heavy atom. The molecule has 1 rings (SSSR count). The van der Waals surface area contributed by atoms with Gasteiger partial charge in [-0.25, -0.2) is 4.79 Å². The molecule has 4 N–H and O–H groups in total. The van der Waals surface area contributed by atoms with E-state index < -0.39 is 5.97 Å². The van der Waals surface area contributed by atoms with Crippen molar-refractivity contribution in [3.63, 3.8) is 0 Å². The first kappa shape index (κ1) is 16.7. The van der Waals surface area contributed by atoms with Gasteiger partial charge in [0, 0.05) is 11.0 Å². The van der Waals surface area contributed by atoms with Crippen molar-refractivity contribution in [1.29, 1.82) is 0 Å². The van der Waals surface area contributed by atoms with Gasteiger partial charge in [0.2, 0.25) is 5.91 Å². The average Bonchev–Trinajstić information content (AvgIpc) is 2.37. The van der Waals surface area contributed by atoms with Crippen LogP contribution in [-0.4, -0.2) is 23.5 Å². The summed E-state index contributed by atoms with van der Waals surface area (Å²) in [6.07, 6.45) is 0.662. The van der Waals surface area contributed by atoms with Crippen molar-refractivity contribution in [3.05, 3.63) is 28.2 Å². The zero-order valence-electron chi connectivity index (χ0n) is 11.5. The minimum absolute atomic E-state index is 0.0491. The molecule has 0 aliphatic heterocycles. The molecule has 0 bridgehead atoms. The van der Waals surface area contributed by atoms with Crippen LogP contribution >= 0.6 is 15.9 Å². The number of nitrogens with one attached hydrogen (secondary N) is 1. The fraction of sp³-hybridized carbons (Fsp3) is 0.429. The van der Waals surface area contributed by atoms with Crippen LogP contribution in [0.3, 0.4) is 0 Å². The highest BCUT2D eigenvalue weighted by molar-refractivity contribution is 9.10. The number of nitrogens with two attached hydrogens (primary N) is 1. The van der Waals surface area contributed by atoms with E-state index in [1.54, 1.807) is 12.1 Å². The molecule has 5 nitrogen and oxygen atoms in total. The second-order valence-corrected chi connectivity index (χ2v) is 5.87. The molecule has 0 saturated carbocycles. The Kier molecular flexibility index (Phi) is 6.16. The molecule has 20 heavy (non-hydrogen) atoms. The predicted molar refractivity (Wildman–Crippen MR) is 81.7 cm³/mol. The topological polar surface area (TPSA) is 92.4 Å². The number of hydrogen-bond acceptors (Lipinski definition) is 3. The Hall–Kier alpha value is -1.40. The Labute approximate surface area is 126 Å². The number of anilines is 1. The molecule has 0 aliphatic carbocycles. The summed E-state index contributed by atoms with van der Waals surface area (Å²) in [6, 6.07) is 4.74. The van der Waals surface area contributed by atoms with Gasteiger partial charge in [0.15, 0.2) is 0 Å². The molecule has 0 heterocycles. The van der Waals surface area contributed by atoms with Gasteiger partial charge in [0.1, 0.15) is 0 Å². The first-order valence-corrected chi connectivity index (χ1v) is 7.18. The fourth-order valence-corrected chi connectivity index (χ4v) is 2.40. The van der Waals surface area contributed by atoms with Gasteiger partial charge in [-0.3, -0.25) is 4.79 Å². The van der Waals surface area contributed by atoms with Crippen LogP contribution in [0, 0.1) is 11.8 Å². The van der Waals surface area contributed by atoms with Gasteiger partial charge in [-0.05, 0) is 40.4 Å². The lowest BCUT2D eigenvalue weighted by molar-refractivity contribution is -0.120. The third-order valence-corrected chi connectivity index (χ3v) is 3.56. The number of aromatic carboxylic acids is 1. The lowest BCUT2D eigenvalue weighted by Crippen LogP contribution is -2.31. The van der Waals surface area contributed by atoms with Crippen LogP contribution in [0.25, 0.3) is 0 Å². The van der Waals surface area contributed by atoms with E-state index in [4.69, 9.17) is 10.8 Å². The molecule has 0 aliphatic rings. The first-order chi connectivity index (χ1) is 9.36. The quantitative estimate of drug-likeness (QED) is 0.740. The number of carboxylic acids is 1. The number of halogens is 1. The number of carbonyl (C=O) groups excluding carboxylic acids is 1. The number of hydrogen-bond donors (Lipinski definition) is 3. The molecule has 6 heteroatoms. The summed E-state index contributed by atoms with van der Waals surface area (Å²) >= 11 is 3.26. The molecule has 0 spiro atoms. The number of carboxylic acid groups (broad SMARTS) is 1. The highest BCUT2D eigenvalue weighted by Crippen LogP contribution is 2.27. The van der Waals surface area contributed by atoms with Crippen molar-refractivity contribution in [2.45, 2.75) is 20.3 Å². The zero-order chi connectivity index (χ0) is 15.3. The van der Waals surface area contributed by atoms with Crippen molar-refractivity contribution in [1.82, 2.24) is 0 Å². The van der Waals surface area contributed by atoms with Crippen molar-refractivity contribution in [3.8, 4) is 0 Å². The maximum Gasteiger partial charge on any atom is 0.337 e. The summed E-state index contributed by atoms with van der Waals surface area (Å²) in [5.41, 5.74) is 5.94. The third kappa shape index (κ3) is 4.31. The van der Waals surface area contributed by atoms with Gasteiger partial charge >= 0.3 is 5.97 Å². The highest BCUT2D eigenvalue weighted by Gasteiger charge is 2.21. The molecule has 1 unspecified atom stereocenters. The maximum atomic E-state index is 12.2. The summed E-state index contributed by atoms with van der Waals surface area (Å²) in [5, 5.41) is 11.8. The van der Waals surface area contributed by atoms with Crippen LogP contribution in [0.5, 0.6) is 0 Å². The molecule has 1 atom stereocenters. The second kappa shape index (κ2) is 7.40. The molecular weight excluding hydrogens is 324 g/mol. The summed E-state index contributed by atoms with van der Waals surface area (Å²) in [4.78, 5) is 23.4. The van der Waals surface area contributed by atoms with Gasteiger partial charge < -0.3 is 16.2 Å². The van der Waals surface area contributed by atoms with Crippen molar-refractivity contribution in [2.24, 2.45) is 17.6 Å². The van der Waals surface area contributed by atoms with E-state index in [-0.39, 0.29) is 29.6 Å². The van der Waals surface area contributed by atoms with E-state index in [1.165, 1.54) is 6.07 Å². The Morgan fingerprint density at radius 2 is 2.05 bits per heavy atom. The van der Waals surface area contributed by atoms with E-state index in [9.17, 15) is 9.59 Å². The first-order valence-electron chi connectivity index (χ1n) is 6.39. The molecule has 0 fully saturated rings.